The molecule has 0 atom stereocenters. The minimum atomic E-state index is 0.0571. The van der Waals surface area contributed by atoms with Crippen LogP contribution in [0.4, 0.5) is 5.69 Å². The number of piperidine rings is 2. The van der Waals surface area contributed by atoms with E-state index in [0.717, 1.165) is 63.3 Å². The van der Waals surface area contributed by atoms with Gasteiger partial charge in [0.15, 0.2) is 0 Å². The number of nitrogens with zero attached hydrogens (tertiary/aromatic N) is 2. The molecule has 2 heterocycles. The molecule has 1 N–H and O–H groups in total. The Morgan fingerprint density at radius 3 is 2.21 bits per heavy atom. The van der Waals surface area contributed by atoms with E-state index < -0.39 is 0 Å². The molecule has 1 aromatic carbocycles. The number of rotatable bonds is 6. The highest BCUT2D eigenvalue weighted by molar-refractivity contribution is 5.92. The first-order valence-electron chi connectivity index (χ1n) is 10.1. The first kappa shape index (κ1) is 20.6. The van der Waals surface area contributed by atoms with Crippen LogP contribution in [0, 0.1) is 5.92 Å². The number of amides is 2. The molecular formula is C21H31N3O4. The molecule has 3 rings (SSSR count). The van der Waals surface area contributed by atoms with Crippen LogP contribution in [0.5, 0.6) is 5.75 Å². The maximum Gasteiger partial charge on any atom is 0.248 e. The van der Waals surface area contributed by atoms with E-state index in [1.165, 1.54) is 0 Å². The first-order valence-corrected chi connectivity index (χ1v) is 10.1. The summed E-state index contributed by atoms with van der Waals surface area (Å²) in [6.07, 6.45) is 3.76. The van der Waals surface area contributed by atoms with Gasteiger partial charge >= 0.3 is 0 Å². The van der Waals surface area contributed by atoms with Gasteiger partial charge in [0.05, 0.1) is 7.11 Å². The molecule has 28 heavy (non-hydrogen) atoms. The Kier molecular flexibility index (Phi) is 7.28. The fourth-order valence-electron chi connectivity index (χ4n) is 4.14. The van der Waals surface area contributed by atoms with E-state index in [9.17, 15) is 9.59 Å². The Labute approximate surface area is 167 Å². The van der Waals surface area contributed by atoms with E-state index in [2.05, 4.69) is 10.2 Å². The summed E-state index contributed by atoms with van der Waals surface area (Å²) in [5.41, 5.74) is 0.807. The van der Waals surface area contributed by atoms with Crippen molar-refractivity contribution in [1.82, 2.24) is 9.80 Å². The number of methoxy groups -OCH3 is 2. The summed E-state index contributed by atoms with van der Waals surface area (Å²) in [4.78, 5) is 28.9. The molecule has 0 aromatic heterocycles. The number of carbonyl (C=O) groups excluding carboxylic acids is 2. The molecule has 2 amide bonds. The third-order valence-electron chi connectivity index (χ3n) is 5.86. The number of nitrogens with one attached hydrogen (secondary N) is 1. The summed E-state index contributed by atoms with van der Waals surface area (Å²) in [6.45, 7) is 3.64. The fraction of sp³-hybridized carbons (Fsp3) is 0.619. The van der Waals surface area contributed by atoms with Crippen LogP contribution in [0.15, 0.2) is 24.3 Å². The van der Waals surface area contributed by atoms with Crippen molar-refractivity contribution in [2.45, 2.75) is 31.7 Å². The van der Waals surface area contributed by atoms with Gasteiger partial charge in [0, 0.05) is 37.8 Å². The lowest BCUT2D eigenvalue weighted by Gasteiger charge is -2.41. The zero-order chi connectivity index (χ0) is 19.9. The van der Waals surface area contributed by atoms with E-state index in [-0.39, 0.29) is 24.3 Å². The second-order valence-electron chi connectivity index (χ2n) is 7.57. The molecule has 0 unspecified atom stereocenters. The van der Waals surface area contributed by atoms with Crippen LogP contribution in [0.25, 0.3) is 0 Å². The van der Waals surface area contributed by atoms with Gasteiger partial charge in [-0.05, 0) is 63.0 Å². The zero-order valence-electron chi connectivity index (χ0n) is 16.9. The van der Waals surface area contributed by atoms with Gasteiger partial charge in [-0.3, -0.25) is 9.59 Å². The van der Waals surface area contributed by atoms with E-state index in [4.69, 9.17) is 9.47 Å². The number of carbonyl (C=O) groups is 2. The van der Waals surface area contributed by atoms with Gasteiger partial charge in [0.25, 0.3) is 0 Å². The van der Waals surface area contributed by atoms with Gasteiger partial charge in [0.1, 0.15) is 12.4 Å². The van der Waals surface area contributed by atoms with Crippen molar-refractivity contribution < 1.29 is 19.1 Å². The van der Waals surface area contributed by atoms with Crippen LogP contribution in [-0.2, 0) is 14.3 Å². The maximum atomic E-state index is 12.6. The molecular weight excluding hydrogens is 358 g/mol. The van der Waals surface area contributed by atoms with Crippen LogP contribution < -0.4 is 10.1 Å². The smallest absolute Gasteiger partial charge is 0.248 e. The van der Waals surface area contributed by atoms with Crippen molar-refractivity contribution in [3.63, 3.8) is 0 Å². The predicted molar refractivity (Wildman–Crippen MR) is 107 cm³/mol. The summed E-state index contributed by atoms with van der Waals surface area (Å²) < 4.78 is 10.1. The lowest BCUT2D eigenvalue weighted by Crippen LogP contribution is -2.50. The standard InChI is InChI=1S/C21H31N3O4/c1-27-15-20(25)24-13-9-18(10-14-24)23-11-7-16(8-12-23)21(26)22-17-3-5-19(28-2)6-4-17/h3-6,16,18H,7-15H2,1-2H3,(H,22,26). The average Bonchev–Trinajstić information content (AvgIpc) is 2.74. The van der Waals surface area contributed by atoms with E-state index in [0.29, 0.717) is 6.04 Å². The van der Waals surface area contributed by atoms with Gasteiger partial charge < -0.3 is 24.6 Å². The highest BCUT2D eigenvalue weighted by Crippen LogP contribution is 2.25. The molecule has 0 saturated carbocycles. The molecule has 2 aliphatic rings. The Morgan fingerprint density at radius 1 is 1.00 bits per heavy atom. The fourth-order valence-corrected chi connectivity index (χ4v) is 4.14. The van der Waals surface area contributed by atoms with Crippen LogP contribution >= 0.6 is 0 Å². The molecule has 1 aromatic rings. The quantitative estimate of drug-likeness (QED) is 0.806. The average molecular weight is 389 g/mol. The Morgan fingerprint density at radius 2 is 1.64 bits per heavy atom. The third kappa shape index (κ3) is 5.23. The minimum Gasteiger partial charge on any atom is -0.497 e. The second kappa shape index (κ2) is 9.89. The lowest BCUT2D eigenvalue weighted by atomic mass is 9.92. The van der Waals surface area contributed by atoms with E-state index in [1.807, 2.05) is 29.2 Å². The molecule has 0 aliphatic carbocycles. The Hall–Kier alpha value is -2.12. The van der Waals surface area contributed by atoms with Crippen LogP contribution in [-0.4, -0.2) is 74.7 Å². The van der Waals surface area contributed by atoms with Crippen molar-refractivity contribution in [2.75, 3.05) is 52.3 Å². The van der Waals surface area contributed by atoms with Gasteiger partial charge in [-0.1, -0.05) is 0 Å². The SMILES string of the molecule is COCC(=O)N1CCC(N2CCC(C(=O)Nc3ccc(OC)cc3)CC2)CC1. The second-order valence-corrected chi connectivity index (χ2v) is 7.57. The summed E-state index contributed by atoms with van der Waals surface area (Å²) in [7, 11) is 3.18. The van der Waals surface area contributed by atoms with Gasteiger partial charge in [-0.25, -0.2) is 0 Å². The number of ether oxygens (including phenoxy) is 2. The summed E-state index contributed by atoms with van der Waals surface area (Å²) in [6, 6.07) is 7.94. The van der Waals surface area contributed by atoms with Crippen molar-refractivity contribution >= 4 is 17.5 Å². The molecule has 154 valence electrons. The normalized spacial score (nSPS) is 19.4. The first-order chi connectivity index (χ1) is 13.6. The van der Waals surface area contributed by atoms with Crippen molar-refractivity contribution in [2.24, 2.45) is 5.92 Å². The number of hydrogen-bond acceptors (Lipinski definition) is 5. The van der Waals surface area contributed by atoms with Crippen molar-refractivity contribution in [3.05, 3.63) is 24.3 Å². The lowest BCUT2D eigenvalue weighted by molar-refractivity contribution is -0.137. The Balaban J connectivity index is 1.41. The molecule has 0 radical (unpaired) electrons. The monoisotopic (exact) mass is 389 g/mol. The van der Waals surface area contributed by atoms with Crippen LogP contribution in [0.3, 0.4) is 0 Å². The molecule has 0 bridgehead atoms. The van der Waals surface area contributed by atoms with E-state index in [1.54, 1.807) is 14.2 Å². The highest BCUT2D eigenvalue weighted by Gasteiger charge is 2.31. The van der Waals surface area contributed by atoms with Gasteiger partial charge in [0.2, 0.25) is 11.8 Å². The van der Waals surface area contributed by atoms with Crippen LogP contribution in [0.1, 0.15) is 25.7 Å². The van der Waals surface area contributed by atoms with Gasteiger partial charge in [-0.15, -0.1) is 0 Å². The van der Waals surface area contributed by atoms with Crippen molar-refractivity contribution in [1.29, 1.82) is 0 Å². The topological polar surface area (TPSA) is 71.1 Å². The molecule has 0 spiro atoms. The molecule has 7 nitrogen and oxygen atoms in total. The molecule has 2 aliphatic heterocycles. The largest absolute Gasteiger partial charge is 0.497 e. The number of anilines is 1. The Bertz CT molecular complexity index is 648. The van der Waals surface area contributed by atoms with Gasteiger partial charge in [-0.2, -0.15) is 0 Å². The highest BCUT2D eigenvalue weighted by atomic mass is 16.5. The molecule has 2 saturated heterocycles. The number of hydrogen-bond donors (Lipinski definition) is 1. The predicted octanol–water partition coefficient (Wildman–Crippen LogP) is 1.98. The summed E-state index contributed by atoms with van der Waals surface area (Å²) in [5.74, 6) is 1.02. The third-order valence-corrected chi connectivity index (χ3v) is 5.86. The number of likely N-dealkylation sites (tertiary alicyclic amines) is 2. The minimum absolute atomic E-state index is 0.0571. The van der Waals surface area contributed by atoms with E-state index >= 15 is 0 Å². The summed E-state index contributed by atoms with van der Waals surface area (Å²) in [5, 5.41) is 3.02. The number of benzene rings is 1. The maximum absolute atomic E-state index is 12.6. The zero-order valence-corrected chi connectivity index (χ0v) is 16.9. The van der Waals surface area contributed by atoms with Crippen molar-refractivity contribution in [3.8, 4) is 5.75 Å². The summed E-state index contributed by atoms with van der Waals surface area (Å²) >= 11 is 0. The molecule has 7 heteroatoms. The van der Waals surface area contributed by atoms with Crippen LogP contribution in [0.2, 0.25) is 0 Å². The molecule has 2 fully saturated rings.